The van der Waals surface area contributed by atoms with Gasteiger partial charge in [-0.15, -0.1) is 11.3 Å². The van der Waals surface area contributed by atoms with Crippen LogP contribution < -0.4 is 0 Å². The van der Waals surface area contributed by atoms with Gasteiger partial charge in [0.05, 0.1) is 15.2 Å². The zero-order valence-electron chi connectivity index (χ0n) is 14.1. The molecule has 130 valence electrons. The molecule has 7 heteroatoms. The molecule has 0 fully saturated rings. The Balaban J connectivity index is 0.00000264. The number of benzene rings is 1. The van der Waals surface area contributed by atoms with Gasteiger partial charge in [0, 0.05) is 25.9 Å². The van der Waals surface area contributed by atoms with Gasteiger partial charge in [-0.25, -0.2) is 4.98 Å². The minimum atomic E-state index is -2.51. The number of aryl methyl sites for hydroxylation is 1. The lowest BCUT2D eigenvalue weighted by molar-refractivity contribution is 0.0708. The van der Waals surface area contributed by atoms with Crippen LogP contribution in [0.4, 0.5) is 0 Å². The molecule has 0 atom stereocenters. The van der Waals surface area contributed by atoms with Crippen molar-refractivity contribution in [2.75, 3.05) is 19.8 Å². The Kier molecular flexibility index (Phi) is 9.34. The van der Waals surface area contributed by atoms with Gasteiger partial charge in [0.15, 0.2) is 0 Å². The molecule has 0 amide bonds. The molecule has 1 aromatic heterocycles. The van der Waals surface area contributed by atoms with Gasteiger partial charge in [0.1, 0.15) is 0 Å². The van der Waals surface area contributed by atoms with Gasteiger partial charge in [0.2, 0.25) is 0 Å². The van der Waals surface area contributed by atoms with Gasteiger partial charge in [-0.2, -0.15) is 13.5 Å². The van der Waals surface area contributed by atoms with Crippen molar-refractivity contribution in [3.8, 4) is 0 Å². The van der Waals surface area contributed by atoms with Crippen LogP contribution in [0.2, 0.25) is 6.04 Å². The first-order valence-corrected chi connectivity index (χ1v) is 10.7. The van der Waals surface area contributed by atoms with Crippen LogP contribution in [0.1, 0.15) is 32.2 Å². The van der Waals surface area contributed by atoms with E-state index in [1.807, 2.05) is 26.8 Å². The first kappa shape index (κ1) is 20.6. The standard InChI is InChI=1S/C16H25NO3SSi.H2S/c1-4-18-22(19-5-2,20-6-3)13-9-12-16-17-14-10-7-8-11-15(14)21-16;/h7-8,10-11H,4-6,9,12-13H2,1-3H3;1H2. The van der Waals surface area contributed by atoms with Crippen LogP contribution in [-0.4, -0.2) is 33.6 Å². The van der Waals surface area contributed by atoms with Crippen LogP contribution in [0.5, 0.6) is 0 Å². The molecule has 0 unspecified atom stereocenters. The van der Waals surface area contributed by atoms with E-state index in [1.165, 1.54) is 9.71 Å². The molecule has 0 saturated heterocycles. The maximum Gasteiger partial charge on any atom is 0.500 e. The molecule has 0 radical (unpaired) electrons. The summed E-state index contributed by atoms with van der Waals surface area (Å²) in [5.74, 6) is 0. The largest absolute Gasteiger partial charge is 0.500 e. The Morgan fingerprint density at radius 2 is 1.61 bits per heavy atom. The van der Waals surface area contributed by atoms with Gasteiger partial charge in [-0.3, -0.25) is 0 Å². The summed E-state index contributed by atoms with van der Waals surface area (Å²) < 4.78 is 18.9. The molecule has 0 saturated carbocycles. The highest BCUT2D eigenvalue weighted by molar-refractivity contribution is 7.59. The lowest BCUT2D eigenvalue weighted by Crippen LogP contribution is -2.46. The van der Waals surface area contributed by atoms with Crippen molar-refractivity contribution in [1.82, 2.24) is 4.98 Å². The molecule has 4 nitrogen and oxygen atoms in total. The van der Waals surface area contributed by atoms with E-state index in [4.69, 9.17) is 13.3 Å². The molecule has 0 spiro atoms. The second-order valence-corrected chi connectivity index (χ2v) is 8.76. The lowest BCUT2D eigenvalue weighted by Gasteiger charge is -2.28. The summed E-state index contributed by atoms with van der Waals surface area (Å²) in [6.45, 7) is 7.88. The summed E-state index contributed by atoms with van der Waals surface area (Å²) in [7, 11) is -2.51. The van der Waals surface area contributed by atoms with Gasteiger partial charge in [-0.1, -0.05) is 12.1 Å². The summed E-state index contributed by atoms with van der Waals surface area (Å²) >= 11 is 1.77. The maximum absolute atomic E-state index is 5.88. The van der Waals surface area contributed by atoms with Gasteiger partial charge in [0.25, 0.3) is 0 Å². The zero-order chi connectivity index (χ0) is 15.8. The number of hydrogen-bond acceptors (Lipinski definition) is 5. The Morgan fingerprint density at radius 1 is 1.00 bits per heavy atom. The Labute approximate surface area is 151 Å². The van der Waals surface area contributed by atoms with E-state index in [1.54, 1.807) is 11.3 Å². The number of nitrogens with zero attached hydrogens (tertiary/aromatic N) is 1. The van der Waals surface area contributed by atoms with Crippen LogP contribution in [0.25, 0.3) is 10.2 Å². The van der Waals surface area contributed by atoms with Gasteiger partial charge in [-0.05, 0) is 45.7 Å². The average Bonchev–Trinajstić information content (AvgIpc) is 2.90. The molecular formula is C16H27NO3S2Si. The number of aromatic nitrogens is 1. The number of fused-ring (bicyclic) bond motifs is 1. The van der Waals surface area contributed by atoms with Crippen LogP contribution >= 0.6 is 24.8 Å². The van der Waals surface area contributed by atoms with Crippen molar-refractivity contribution < 1.29 is 13.3 Å². The fraction of sp³-hybridized carbons (Fsp3) is 0.562. The molecule has 2 rings (SSSR count). The van der Waals surface area contributed by atoms with E-state index >= 15 is 0 Å². The highest BCUT2D eigenvalue weighted by Gasteiger charge is 2.39. The molecule has 1 heterocycles. The fourth-order valence-corrected chi connectivity index (χ4v) is 6.11. The first-order valence-electron chi connectivity index (χ1n) is 7.99. The molecule has 0 bridgehead atoms. The van der Waals surface area contributed by atoms with E-state index in [-0.39, 0.29) is 13.5 Å². The van der Waals surface area contributed by atoms with E-state index < -0.39 is 8.80 Å². The normalized spacial score (nSPS) is 11.6. The monoisotopic (exact) mass is 373 g/mol. The third-order valence-electron chi connectivity index (χ3n) is 3.30. The molecule has 0 aliphatic rings. The minimum absolute atomic E-state index is 0. The Bertz CT molecular complexity index is 529. The number of rotatable bonds is 10. The smallest absolute Gasteiger partial charge is 0.374 e. The second kappa shape index (κ2) is 10.4. The number of thiazole rings is 1. The molecular weight excluding hydrogens is 346 g/mol. The topological polar surface area (TPSA) is 40.6 Å². The van der Waals surface area contributed by atoms with Crippen molar-refractivity contribution in [2.24, 2.45) is 0 Å². The predicted octanol–water partition coefficient (Wildman–Crippen LogP) is 4.39. The second-order valence-electron chi connectivity index (χ2n) is 4.91. The molecule has 23 heavy (non-hydrogen) atoms. The maximum atomic E-state index is 5.88. The van der Waals surface area contributed by atoms with Crippen LogP contribution in [-0.2, 0) is 19.7 Å². The summed E-state index contributed by atoms with van der Waals surface area (Å²) in [6.07, 6.45) is 1.92. The fourth-order valence-electron chi connectivity index (χ4n) is 2.48. The van der Waals surface area contributed by atoms with Crippen molar-refractivity contribution in [3.63, 3.8) is 0 Å². The first-order chi connectivity index (χ1) is 10.7. The Hall–Kier alpha value is -0.443. The average molecular weight is 374 g/mol. The van der Waals surface area contributed by atoms with E-state index in [0.717, 1.165) is 24.4 Å². The predicted molar refractivity (Wildman–Crippen MR) is 104 cm³/mol. The Morgan fingerprint density at radius 3 is 2.17 bits per heavy atom. The molecule has 0 aliphatic heterocycles. The van der Waals surface area contributed by atoms with Crippen molar-refractivity contribution >= 4 is 43.9 Å². The quantitative estimate of drug-likeness (QED) is 0.579. The summed E-state index contributed by atoms with van der Waals surface area (Å²) in [5.41, 5.74) is 1.09. The van der Waals surface area contributed by atoms with Crippen molar-refractivity contribution in [2.45, 2.75) is 39.7 Å². The third kappa shape index (κ3) is 5.85. The lowest BCUT2D eigenvalue weighted by atomic mass is 10.3. The van der Waals surface area contributed by atoms with E-state index in [9.17, 15) is 0 Å². The van der Waals surface area contributed by atoms with Crippen LogP contribution in [0, 0.1) is 0 Å². The molecule has 2 aromatic rings. The van der Waals surface area contributed by atoms with Gasteiger partial charge < -0.3 is 13.3 Å². The summed E-state index contributed by atoms with van der Waals surface area (Å²) in [4.78, 5) is 4.68. The van der Waals surface area contributed by atoms with E-state index in [2.05, 4.69) is 23.2 Å². The van der Waals surface area contributed by atoms with Gasteiger partial charge >= 0.3 is 8.80 Å². The molecule has 0 aliphatic carbocycles. The highest BCUT2D eigenvalue weighted by atomic mass is 32.1. The zero-order valence-corrected chi connectivity index (χ0v) is 16.9. The number of hydrogen-bond donors (Lipinski definition) is 0. The third-order valence-corrected chi connectivity index (χ3v) is 7.55. The van der Waals surface area contributed by atoms with Crippen molar-refractivity contribution in [1.29, 1.82) is 0 Å². The highest BCUT2D eigenvalue weighted by Crippen LogP contribution is 2.25. The number of para-hydroxylation sites is 1. The van der Waals surface area contributed by atoms with Crippen LogP contribution in [0.3, 0.4) is 0 Å². The minimum Gasteiger partial charge on any atom is -0.374 e. The molecule has 0 N–H and O–H groups in total. The van der Waals surface area contributed by atoms with E-state index in [0.29, 0.717) is 19.8 Å². The summed E-state index contributed by atoms with van der Waals surface area (Å²) in [5, 5.41) is 1.17. The summed E-state index contributed by atoms with van der Waals surface area (Å²) in [6, 6.07) is 9.12. The van der Waals surface area contributed by atoms with Crippen LogP contribution in [0.15, 0.2) is 24.3 Å². The molecule has 1 aromatic carbocycles. The van der Waals surface area contributed by atoms with Crippen molar-refractivity contribution in [3.05, 3.63) is 29.3 Å². The SMILES string of the molecule is CCO[Si](CCCc1nc2ccccc2s1)(OCC)OCC.S.